The number of non-ortho nitro benzene ring substituents is 1. The molecule has 5 aromatic rings. The molecule has 2 aromatic carbocycles. The fraction of sp³-hybridized carbons (Fsp3) is 0.0417. The Morgan fingerprint density at radius 3 is 2.61 bits per heavy atom. The zero-order chi connectivity index (χ0) is 22.9. The van der Waals surface area contributed by atoms with Crippen LogP contribution in [0, 0.1) is 17.0 Å². The van der Waals surface area contributed by atoms with E-state index in [4.69, 9.17) is 8.83 Å². The molecule has 0 fully saturated rings. The SMILES string of the molecule is Cc1ccc(NC(=O)c2ccc(-c3ccc([N+](=O)[O-])cc3)o2)cc1-c1nc2ncccc2o1. The maximum atomic E-state index is 12.7. The summed E-state index contributed by atoms with van der Waals surface area (Å²) >= 11 is 0. The normalized spacial score (nSPS) is 10.9. The van der Waals surface area contributed by atoms with Gasteiger partial charge in [-0.3, -0.25) is 14.9 Å². The van der Waals surface area contributed by atoms with Crippen molar-refractivity contribution in [1.29, 1.82) is 0 Å². The lowest BCUT2D eigenvalue weighted by atomic mass is 10.1. The van der Waals surface area contributed by atoms with E-state index in [1.807, 2.05) is 13.0 Å². The first-order valence-electron chi connectivity index (χ1n) is 9.96. The number of benzene rings is 2. The monoisotopic (exact) mass is 440 g/mol. The second kappa shape index (κ2) is 8.04. The molecule has 0 unspecified atom stereocenters. The number of hydrogen-bond acceptors (Lipinski definition) is 7. The summed E-state index contributed by atoms with van der Waals surface area (Å²) in [5, 5.41) is 13.6. The van der Waals surface area contributed by atoms with E-state index < -0.39 is 10.8 Å². The molecule has 0 spiro atoms. The minimum absolute atomic E-state index is 0.0202. The third-order valence-electron chi connectivity index (χ3n) is 5.08. The Balaban J connectivity index is 1.37. The Hall–Kier alpha value is -4.79. The first-order valence-corrected chi connectivity index (χ1v) is 9.96. The summed E-state index contributed by atoms with van der Waals surface area (Å²) in [4.78, 5) is 31.7. The number of pyridine rings is 1. The van der Waals surface area contributed by atoms with Crippen molar-refractivity contribution in [2.45, 2.75) is 6.92 Å². The van der Waals surface area contributed by atoms with E-state index in [0.717, 1.165) is 11.1 Å². The molecule has 0 saturated heterocycles. The zero-order valence-electron chi connectivity index (χ0n) is 17.3. The Morgan fingerprint density at radius 2 is 1.85 bits per heavy atom. The van der Waals surface area contributed by atoms with Crippen molar-refractivity contribution in [3.05, 3.63) is 94.4 Å². The largest absolute Gasteiger partial charge is 0.451 e. The maximum absolute atomic E-state index is 12.7. The zero-order valence-corrected chi connectivity index (χ0v) is 17.3. The van der Waals surface area contributed by atoms with Gasteiger partial charge in [0, 0.05) is 35.1 Å². The van der Waals surface area contributed by atoms with Gasteiger partial charge in [-0.25, -0.2) is 4.98 Å². The van der Waals surface area contributed by atoms with Gasteiger partial charge in [0.1, 0.15) is 5.76 Å². The summed E-state index contributed by atoms with van der Waals surface area (Å²) in [6.45, 7) is 1.92. The van der Waals surface area contributed by atoms with Gasteiger partial charge in [0.05, 0.1) is 4.92 Å². The molecular weight excluding hydrogens is 424 g/mol. The van der Waals surface area contributed by atoms with E-state index in [9.17, 15) is 14.9 Å². The summed E-state index contributed by atoms with van der Waals surface area (Å²) in [5.41, 5.74) is 3.90. The summed E-state index contributed by atoms with van der Waals surface area (Å²) in [6, 6.07) is 18.1. The van der Waals surface area contributed by atoms with Crippen molar-refractivity contribution in [1.82, 2.24) is 9.97 Å². The third-order valence-corrected chi connectivity index (χ3v) is 5.08. The van der Waals surface area contributed by atoms with E-state index in [0.29, 0.717) is 34.1 Å². The smallest absolute Gasteiger partial charge is 0.291 e. The molecule has 1 N–H and O–H groups in total. The van der Waals surface area contributed by atoms with Crippen LogP contribution in [0.15, 0.2) is 81.8 Å². The molecule has 5 rings (SSSR count). The number of aromatic nitrogens is 2. The van der Waals surface area contributed by atoms with Gasteiger partial charge in [0.25, 0.3) is 11.6 Å². The standard InChI is InChI=1S/C24H16N4O5/c1-14-4-7-16(13-18(14)24-27-22-20(33-24)3-2-12-25-22)26-23(29)21-11-10-19(32-21)15-5-8-17(9-6-15)28(30)31/h2-13H,1H3,(H,26,29). The van der Waals surface area contributed by atoms with Crippen LogP contribution in [0.3, 0.4) is 0 Å². The molecule has 3 heterocycles. The van der Waals surface area contributed by atoms with Crippen molar-refractivity contribution in [2.75, 3.05) is 5.32 Å². The number of nitrogens with one attached hydrogen (secondary N) is 1. The van der Waals surface area contributed by atoms with Crippen LogP contribution >= 0.6 is 0 Å². The second-order valence-electron chi connectivity index (χ2n) is 7.30. The van der Waals surface area contributed by atoms with Crippen molar-refractivity contribution >= 4 is 28.5 Å². The lowest BCUT2D eigenvalue weighted by molar-refractivity contribution is -0.384. The molecule has 0 bridgehead atoms. The van der Waals surface area contributed by atoms with Crippen LogP contribution in [0.5, 0.6) is 0 Å². The topological polar surface area (TPSA) is 124 Å². The Morgan fingerprint density at radius 1 is 1.03 bits per heavy atom. The molecule has 0 radical (unpaired) electrons. The lowest BCUT2D eigenvalue weighted by Gasteiger charge is -2.07. The predicted octanol–water partition coefficient (Wildman–Crippen LogP) is 5.62. The number of rotatable bonds is 5. The van der Waals surface area contributed by atoms with Gasteiger partial charge in [-0.1, -0.05) is 6.07 Å². The van der Waals surface area contributed by atoms with Crippen LogP contribution < -0.4 is 5.32 Å². The number of amides is 1. The molecule has 3 aromatic heterocycles. The number of fused-ring (bicyclic) bond motifs is 1. The molecule has 162 valence electrons. The number of nitro groups is 1. The fourth-order valence-electron chi connectivity index (χ4n) is 3.37. The Labute approximate surface area is 186 Å². The van der Waals surface area contributed by atoms with E-state index in [-0.39, 0.29) is 11.4 Å². The lowest BCUT2D eigenvalue weighted by Crippen LogP contribution is -2.11. The number of anilines is 1. The molecule has 0 saturated carbocycles. The number of aryl methyl sites for hydroxylation is 1. The number of nitro benzene ring substituents is 1. The highest BCUT2D eigenvalue weighted by Crippen LogP contribution is 2.29. The van der Waals surface area contributed by atoms with E-state index in [2.05, 4.69) is 15.3 Å². The second-order valence-corrected chi connectivity index (χ2v) is 7.30. The predicted molar refractivity (Wildman–Crippen MR) is 121 cm³/mol. The minimum atomic E-state index is -0.474. The van der Waals surface area contributed by atoms with E-state index in [1.165, 1.54) is 12.1 Å². The number of oxazole rings is 1. The number of carbonyl (C=O) groups excluding carboxylic acids is 1. The maximum Gasteiger partial charge on any atom is 0.291 e. The summed E-state index contributed by atoms with van der Waals surface area (Å²) < 4.78 is 11.5. The van der Waals surface area contributed by atoms with Gasteiger partial charge >= 0.3 is 0 Å². The van der Waals surface area contributed by atoms with E-state index in [1.54, 1.807) is 54.7 Å². The van der Waals surface area contributed by atoms with Gasteiger partial charge in [-0.2, -0.15) is 4.98 Å². The summed E-state index contributed by atoms with van der Waals surface area (Å²) in [5.74, 6) is 0.517. The van der Waals surface area contributed by atoms with Crippen molar-refractivity contribution in [3.63, 3.8) is 0 Å². The highest BCUT2D eigenvalue weighted by Gasteiger charge is 2.16. The average Bonchev–Trinajstić information content (AvgIpc) is 3.48. The van der Waals surface area contributed by atoms with Crippen molar-refractivity contribution in [2.24, 2.45) is 0 Å². The van der Waals surface area contributed by atoms with Gasteiger partial charge < -0.3 is 14.2 Å². The van der Waals surface area contributed by atoms with Gasteiger partial charge in [-0.15, -0.1) is 0 Å². The first kappa shape index (κ1) is 20.1. The molecule has 33 heavy (non-hydrogen) atoms. The summed E-state index contributed by atoms with van der Waals surface area (Å²) in [6.07, 6.45) is 1.65. The molecule has 0 aliphatic heterocycles. The highest BCUT2D eigenvalue weighted by atomic mass is 16.6. The minimum Gasteiger partial charge on any atom is -0.451 e. The third kappa shape index (κ3) is 3.94. The van der Waals surface area contributed by atoms with Gasteiger partial charge in [-0.05, 0) is 61.0 Å². The van der Waals surface area contributed by atoms with Gasteiger partial charge in [0.2, 0.25) is 5.89 Å². The molecular formula is C24H16N4O5. The molecule has 9 heteroatoms. The van der Waals surface area contributed by atoms with Crippen LogP contribution in [0.1, 0.15) is 16.1 Å². The molecule has 0 aliphatic carbocycles. The number of hydrogen-bond donors (Lipinski definition) is 1. The molecule has 1 amide bonds. The van der Waals surface area contributed by atoms with Crippen LogP contribution in [-0.4, -0.2) is 20.8 Å². The van der Waals surface area contributed by atoms with Crippen LogP contribution in [0.25, 0.3) is 34.0 Å². The number of carbonyl (C=O) groups is 1. The summed E-state index contributed by atoms with van der Waals surface area (Å²) in [7, 11) is 0. The first-order chi connectivity index (χ1) is 16.0. The van der Waals surface area contributed by atoms with Gasteiger partial charge in [0.15, 0.2) is 17.0 Å². The average molecular weight is 440 g/mol. The van der Waals surface area contributed by atoms with Crippen LogP contribution in [0.2, 0.25) is 0 Å². The van der Waals surface area contributed by atoms with Crippen molar-refractivity contribution < 1.29 is 18.6 Å². The molecule has 0 aliphatic rings. The van der Waals surface area contributed by atoms with Crippen LogP contribution in [0.4, 0.5) is 11.4 Å². The number of furan rings is 1. The quantitative estimate of drug-likeness (QED) is 0.278. The fourth-order valence-corrected chi connectivity index (χ4v) is 3.37. The van der Waals surface area contributed by atoms with E-state index >= 15 is 0 Å². The highest BCUT2D eigenvalue weighted by molar-refractivity contribution is 6.03. The Bertz CT molecular complexity index is 1470. The van der Waals surface area contributed by atoms with Crippen LogP contribution in [-0.2, 0) is 0 Å². The number of nitrogens with zero attached hydrogens (tertiary/aromatic N) is 3. The molecule has 9 nitrogen and oxygen atoms in total. The molecule has 0 atom stereocenters. The Kier molecular flexibility index (Phi) is 4.91. The van der Waals surface area contributed by atoms with Crippen molar-refractivity contribution in [3.8, 4) is 22.8 Å².